The van der Waals surface area contributed by atoms with Crippen molar-refractivity contribution in [3.8, 4) is 28.7 Å². The summed E-state index contributed by atoms with van der Waals surface area (Å²) in [4.78, 5) is 4.57. The van der Waals surface area contributed by atoms with Gasteiger partial charge in [-0.15, -0.1) is 0 Å². The van der Waals surface area contributed by atoms with E-state index in [1.54, 1.807) is 13.2 Å². The minimum atomic E-state index is 0.267. The van der Waals surface area contributed by atoms with Gasteiger partial charge in [0.2, 0.25) is 0 Å². The van der Waals surface area contributed by atoms with E-state index in [4.69, 9.17) is 26.8 Å². The van der Waals surface area contributed by atoms with Crippen LogP contribution < -0.4 is 15.2 Å². The van der Waals surface area contributed by atoms with Gasteiger partial charge in [-0.05, 0) is 67.1 Å². The lowest BCUT2D eigenvalue weighted by molar-refractivity contribution is 0.297. The first-order valence-electron chi connectivity index (χ1n) is 10.5. The van der Waals surface area contributed by atoms with Crippen molar-refractivity contribution < 1.29 is 9.47 Å². The summed E-state index contributed by atoms with van der Waals surface area (Å²) < 4.78 is 12.4. The molecule has 3 aromatic rings. The summed E-state index contributed by atoms with van der Waals surface area (Å²) in [7, 11) is 1.63. The van der Waals surface area contributed by atoms with Gasteiger partial charge in [0, 0.05) is 21.3 Å². The number of methoxy groups -OCH3 is 1. The number of nitrogen functional groups attached to an aromatic ring is 1. The van der Waals surface area contributed by atoms with Crippen molar-refractivity contribution in [2.75, 3.05) is 12.8 Å². The SMILES string of the molecule is COc1ccc(-c2c(C#N)c(N)nc3c2CCCCC3)cc1COc1ccc(Br)cc1Cl. The van der Waals surface area contributed by atoms with Crippen LogP contribution in [0.25, 0.3) is 11.1 Å². The largest absolute Gasteiger partial charge is 0.496 e. The van der Waals surface area contributed by atoms with Crippen molar-refractivity contribution in [2.45, 2.75) is 38.7 Å². The van der Waals surface area contributed by atoms with Crippen LogP contribution in [0.2, 0.25) is 5.02 Å². The molecule has 5 nitrogen and oxygen atoms in total. The molecule has 0 atom stereocenters. The molecule has 2 aromatic carbocycles. The first-order valence-corrected chi connectivity index (χ1v) is 11.7. The number of anilines is 1. The Hall–Kier alpha value is -2.75. The summed E-state index contributed by atoms with van der Waals surface area (Å²) in [6.45, 7) is 0.267. The Balaban J connectivity index is 1.77. The maximum absolute atomic E-state index is 9.87. The number of aryl methyl sites for hydroxylation is 1. The zero-order valence-corrected chi connectivity index (χ0v) is 20.1. The highest BCUT2D eigenvalue weighted by molar-refractivity contribution is 9.10. The number of fused-ring (bicyclic) bond motifs is 1. The fourth-order valence-electron chi connectivity index (χ4n) is 4.17. The van der Waals surface area contributed by atoms with E-state index < -0.39 is 0 Å². The van der Waals surface area contributed by atoms with Crippen LogP contribution >= 0.6 is 27.5 Å². The van der Waals surface area contributed by atoms with Crippen LogP contribution in [-0.4, -0.2) is 12.1 Å². The summed E-state index contributed by atoms with van der Waals surface area (Å²) in [6, 6.07) is 13.6. The molecule has 0 saturated heterocycles. The highest BCUT2D eigenvalue weighted by Gasteiger charge is 2.22. The van der Waals surface area contributed by atoms with E-state index in [9.17, 15) is 5.26 Å². The number of ether oxygens (including phenoxy) is 2. The van der Waals surface area contributed by atoms with E-state index in [-0.39, 0.29) is 6.61 Å². The van der Waals surface area contributed by atoms with Gasteiger partial charge in [0.15, 0.2) is 0 Å². The first kappa shape index (κ1) is 22.4. The summed E-state index contributed by atoms with van der Waals surface area (Å²) in [6.07, 6.45) is 5.07. The molecule has 0 aliphatic heterocycles. The highest BCUT2D eigenvalue weighted by atomic mass is 79.9. The summed E-state index contributed by atoms with van der Waals surface area (Å²) in [5.41, 5.74) is 11.4. The maximum Gasteiger partial charge on any atom is 0.142 e. The van der Waals surface area contributed by atoms with Crippen LogP contribution in [0.3, 0.4) is 0 Å². The molecule has 0 radical (unpaired) electrons. The van der Waals surface area contributed by atoms with Crippen LogP contribution in [0.5, 0.6) is 11.5 Å². The van der Waals surface area contributed by atoms with Crippen molar-refractivity contribution in [1.82, 2.24) is 4.98 Å². The number of pyridine rings is 1. The lowest BCUT2D eigenvalue weighted by Gasteiger charge is -2.18. The van der Waals surface area contributed by atoms with Gasteiger partial charge < -0.3 is 15.2 Å². The second-order valence-corrected chi connectivity index (χ2v) is 9.06. The summed E-state index contributed by atoms with van der Waals surface area (Å²) in [5.74, 6) is 1.58. The van der Waals surface area contributed by atoms with E-state index in [0.717, 1.165) is 64.5 Å². The quantitative estimate of drug-likeness (QED) is 0.396. The molecule has 1 aliphatic rings. The van der Waals surface area contributed by atoms with Gasteiger partial charge in [0.1, 0.15) is 35.6 Å². The van der Waals surface area contributed by atoms with E-state index in [2.05, 4.69) is 27.0 Å². The standard InChI is InChI=1S/C25H23BrClN3O2/c1-31-22-9-7-15(11-16(22)14-32-23-10-8-17(26)12-20(23)27)24-18-5-3-2-4-6-21(18)30-25(29)19(24)13-28/h7-12H,2-6,14H2,1H3,(H2,29,30). The number of nitrogens with two attached hydrogens (primary N) is 1. The first-order chi connectivity index (χ1) is 15.5. The predicted molar refractivity (Wildman–Crippen MR) is 130 cm³/mol. The van der Waals surface area contributed by atoms with Crippen LogP contribution in [-0.2, 0) is 19.4 Å². The van der Waals surface area contributed by atoms with Gasteiger partial charge >= 0.3 is 0 Å². The minimum Gasteiger partial charge on any atom is -0.496 e. The molecule has 0 saturated carbocycles. The Morgan fingerprint density at radius 3 is 2.66 bits per heavy atom. The van der Waals surface area contributed by atoms with Crippen LogP contribution in [0.15, 0.2) is 40.9 Å². The molecule has 0 bridgehead atoms. The minimum absolute atomic E-state index is 0.267. The van der Waals surface area contributed by atoms with Gasteiger partial charge in [0.25, 0.3) is 0 Å². The second kappa shape index (κ2) is 9.81. The average Bonchev–Trinajstić information content (AvgIpc) is 3.02. The van der Waals surface area contributed by atoms with Crippen molar-refractivity contribution >= 4 is 33.3 Å². The summed E-state index contributed by atoms with van der Waals surface area (Å²) >= 11 is 9.71. The Morgan fingerprint density at radius 2 is 1.91 bits per heavy atom. The molecule has 0 fully saturated rings. The molecule has 0 spiro atoms. The molecule has 1 aliphatic carbocycles. The van der Waals surface area contributed by atoms with Gasteiger partial charge in [-0.3, -0.25) is 0 Å². The maximum atomic E-state index is 9.87. The molecular weight excluding hydrogens is 490 g/mol. The fraction of sp³-hybridized carbons (Fsp3) is 0.280. The van der Waals surface area contributed by atoms with Crippen LogP contribution in [0.4, 0.5) is 5.82 Å². The number of aromatic nitrogens is 1. The number of nitrogens with zero attached hydrogens (tertiary/aromatic N) is 2. The Bertz CT molecular complexity index is 1210. The molecule has 1 aromatic heterocycles. The van der Waals surface area contributed by atoms with E-state index >= 15 is 0 Å². The molecule has 4 rings (SSSR count). The number of halogens is 2. The van der Waals surface area contributed by atoms with E-state index in [0.29, 0.717) is 27.9 Å². The van der Waals surface area contributed by atoms with Crippen molar-refractivity contribution in [3.05, 3.63) is 68.3 Å². The molecule has 164 valence electrons. The Kier molecular flexibility index (Phi) is 6.88. The van der Waals surface area contributed by atoms with Gasteiger partial charge in [-0.2, -0.15) is 5.26 Å². The Morgan fingerprint density at radius 1 is 1.12 bits per heavy atom. The van der Waals surface area contributed by atoms with Crippen molar-refractivity contribution in [2.24, 2.45) is 0 Å². The highest BCUT2D eigenvalue weighted by Crippen LogP contribution is 2.37. The fourth-order valence-corrected chi connectivity index (χ4v) is 4.89. The van der Waals surface area contributed by atoms with Gasteiger partial charge in [0.05, 0.1) is 12.1 Å². The van der Waals surface area contributed by atoms with Crippen LogP contribution in [0.1, 0.15) is 41.6 Å². The third kappa shape index (κ3) is 4.55. The number of benzene rings is 2. The summed E-state index contributed by atoms with van der Waals surface area (Å²) in [5, 5.41) is 10.4. The van der Waals surface area contributed by atoms with Crippen molar-refractivity contribution in [1.29, 1.82) is 5.26 Å². The molecule has 1 heterocycles. The topological polar surface area (TPSA) is 81.2 Å². The van der Waals surface area contributed by atoms with Gasteiger partial charge in [-0.1, -0.05) is 40.0 Å². The Labute approximate surface area is 201 Å². The number of nitriles is 1. The monoisotopic (exact) mass is 511 g/mol. The third-order valence-electron chi connectivity index (χ3n) is 5.71. The molecule has 7 heteroatoms. The number of rotatable bonds is 5. The van der Waals surface area contributed by atoms with E-state index in [1.165, 1.54) is 0 Å². The average molecular weight is 513 g/mol. The number of hydrogen-bond acceptors (Lipinski definition) is 5. The molecule has 0 amide bonds. The zero-order valence-electron chi connectivity index (χ0n) is 17.8. The normalized spacial score (nSPS) is 13.1. The molecule has 2 N–H and O–H groups in total. The molecule has 0 unspecified atom stereocenters. The van der Waals surface area contributed by atoms with Crippen molar-refractivity contribution in [3.63, 3.8) is 0 Å². The van der Waals surface area contributed by atoms with Gasteiger partial charge in [-0.25, -0.2) is 4.98 Å². The lowest BCUT2D eigenvalue weighted by Crippen LogP contribution is -2.07. The molecular formula is C25H23BrClN3O2. The second-order valence-electron chi connectivity index (χ2n) is 7.73. The predicted octanol–water partition coefficient (Wildman–Crippen LogP) is 6.47. The smallest absolute Gasteiger partial charge is 0.142 e. The lowest BCUT2D eigenvalue weighted by atomic mass is 9.91. The van der Waals surface area contributed by atoms with E-state index in [1.807, 2.05) is 30.3 Å². The third-order valence-corrected chi connectivity index (χ3v) is 6.50. The number of hydrogen-bond donors (Lipinski definition) is 1. The molecule has 32 heavy (non-hydrogen) atoms. The zero-order chi connectivity index (χ0) is 22.7. The van der Waals surface area contributed by atoms with Crippen LogP contribution in [0, 0.1) is 11.3 Å².